The maximum absolute atomic E-state index is 11.5. The van der Waals surface area contributed by atoms with Gasteiger partial charge in [-0.15, -0.1) is 0 Å². The van der Waals surface area contributed by atoms with Crippen LogP contribution in [0.2, 0.25) is 5.02 Å². The predicted octanol–water partition coefficient (Wildman–Crippen LogP) is 3.21. The molecular formula is C16H18ClN7O2S. The number of sulfonamides is 1. The third-order valence-electron chi connectivity index (χ3n) is 3.42. The van der Waals surface area contributed by atoms with Gasteiger partial charge in [0.1, 0.15) is 5.02 Å². The number of nitrogens with one attached hydrogen (secondary N) is 3. The number of aromatic nitrogens is 4. The zero-order chi connectivity index (χ0) is 19.4. The summed E-state index contributed by atoms with van der Waals surface area (Å²) >= 11 is 6.19. The fourth-order valence-electron chi connectivity index (χ4n) is 2.24. The molecule has 3 N–H and O–H groups in total. The summed E-state index contributed by atoms with van der Waals surface area (Å²) in [7, 11) is -3.43. The molecule has 0 saturated heterocycles. The molecule has 0 aliphatic carbocycles. The molecule has 0 amide bonds. The number of rotatable bonds is 7. The Morgan fingerprint density at radius 2 is 1.89 bits per heavy atom. The molecule has 0 spiro atoms. The first-order chi connectivity index (χ1) is 12.8. The van der Waals surface area contributed by atoms with Crippen LogP contribution < -0.4 is 15.4 Å². The molecule has 0 fully saturated rings. The number of hydrogen-bond acceptors (Lipinski definition) is 7. The smallest absolute Gasteiger partial charge is 0.230 e. The molecule has 0 radical (unpaired) electrons. The highest BCUT2D eigenvalue weighted by atomic mass is 35.5. The van der Waals surface area contributed by atoms with Crippen molar-refractivity contribution < 1.29 is 8.42 Å². The molecule has 3 aromatic rings. The van der Waals surface area contributed by atoms with E-state index in [1.807, 2.05) is 13.1 Å². The first-order valence-corrected chi connectivity index (χ1v) is 10.3. The lowest BCUT2D eigenvalue weighted by atomic mass is 10.2. The highest BCUT2D eigenvalue weighted by molar-refractivity contribution is 7.92. The van der Waals surface area contributed by atoms with Crippen molar-refractivity contribution in [1.29, 1.82) is 0 Å². The predicted molar refractivity (Wildman–Crippen MR) is 106 cm³/mol. The average molecular weight is 408 g/mol. The summed E-state index contributed by atoms with van der Waals surface area (Å²) in [6.45, 7) is 2.74. The molecule has 142 valence electrons. The maximum Gasteiger partial charge on any atom is 0.230 e. The second-order valence-electron chi connectivity index (χ2n) is 5.62. The van der Waals surface area contributed by atoms with Gasteiger partial charge in [-0.3, -0.25) is 9.40 Å². The van der Waals surface area contributed by atoms with Crippen molar-refractivity contribution in [1.82, 2.24) is 19.7 Å². The van der Waals surface area contributed by atoms with Crippen LogP contribution in [0.1, 0.15) is 6.92 Å². The molecular weight excluding hydrogens is 390 g/mol. The van der Waals surface area contributed by atoms with E-state index < -0.39 is 10.0 Å². The summed E-state index contributed by atoms with van der Waals surface area (Å²) in [5.74, 6) is 1.23. The SMILES string of the molecule is CCn1ccc(Nc2ncc(Cl)c(Nc3ccccc3NS(C)(=O)=O)n2)n1. The Balaban J connectivity index is 1.85. The van der Waals surface area contributed by atoms with E-state index in [-0.39, 0.29) is 5.02 Å². The topological polar surface area (TPSA) is 114 Å². The maximum atomic E-state index is 11.5. The van der Waals surface area contributed by atoms with E-state index in [1.54, 1.807) is 35.0 Å². The largest absolute Gasteiger partial charge is 0.337 e. The van der Waals surface area contributed by atoms with Gasteiger partial charge in [0.2, 0.25) is 16.0 Å². The number of para-hydroxylation sites is 2. The third-order valence-corrected chi connectivity index (χ3v) is 4.29. The van der Waals surface area contributed by atoms with Crippen molar-refractivity contribution in [3.8, 4) is 0 Å². The molecule has 2 aromatic heterocycles. The number of nitrogens with zero attached hydrogens (tertiary/aromatic N) is 4. The highest BCUT2D eigenvalue weighted by Gasteiger charge is 2.11. The minimum atomic E-state index is -3.43. The van der Waals surface area contributed by atoms with Gasteiger partial charge in [-0.25, -0.2) is 13.4 Å². The Hall–Kier alpha value is -2.85. The number of aryl methyl sites for hydroxylation is 1. The molecule has 2 heterocycles. The fourth-order valence-corrected chi connectivity index (χ4v) is 2.96. The number of hydrogen-bond donors (Lipinski definition) is 3. The Morgan fingerprint density at radius 3 is 2.56 bits per heavy atom. The summed E-state index contributed by atoms with van der Waals surface area (Å²) in [5, 5.41) is 10.6. The minimum Gasteiger partial charge on any atom is -0.337 e. The van der Waals surface area contributed by atoms with Crippen molar-refractivity contribution in [3.63, 3.8) is 0 Å². The van der Waals surface area contributed by atoms with Gasteiger partial charge >= 0.3 is 0 Å². The second-order valence-corrected chi connectivity index (χ2v) is 7.77. The van der Waals surface area contributed by atoms with Crippen molar-refractivity contribution in [2.24, 2.45) is 0 Å². The Bertz CT molecular complexity index is 1050. The minimum absolute atomic E-state index is 0.286. The summed E-state index contributed by atoms with van der Waals surface area (Å²) in [5.41, 5.74) is 0.885. The standard InChI is InChI=1S/C16H18ClN7O2S/c1-3-24-9-8-14(22-24)20-16-18-10-11(17)15(21-16)19-12-6-4-5-7-13(12)23-27(2,25)26/h4-10,23H,3H2,1-2H3,(H2,18,19,20,21,22). The van der Waals surface area contributed by atoms with E-state index in [0.717, 1.165) is 12.8 Å². The number of benzene rings is 1. The quantitative estimate of drug-likeness (QED) is 0.551. The van der Waals surface area contributed by atoms with Crippen LogP contribution in [0.3, 0.4) is 0 Å². The van der Waals surface area contributed by atoms with Gasteiger partial charge in [0, 0.05) is 18.8 Å². The summed E-state index contributed by atoms with van der Waals surface area (Å²) in [6, 6.07) is 8.63. The lowest BCUT2D eigenvalue weighted by Crippen LogP contribution is -2.11. The molecule has 0 atom stereocenters. The highest BCUT2D eigenvalue weighted by Crippen LogP contribution is 2.29. The zero-order valence-electron chi connectivity index (χ0n) is 14.6. The van der Waals surface area contributed by atoms with Crippen LogP contribution in [0, 0.1) is 0 Å². The average Bonchev–Trinajstić information content (AvgIpc) is 3.06. The van der Waals surface area contributed by atoms with Gasteiger partial charge in [-0.1, -0.05) is 23.7 Å². The normalized spacial score (nSPS) is 11.2. The van der Waals surface area contributed by atoms with Crippen LogP contribution in [0.15, 0.2) is 42.7 Å². The molecule has 0 unspecified atom stereocenters. The molecule has 11 heteroatoms. The Morgan fingerprint density at radius 1 is 1.15 bits per heavy atom. The first-order valence-electron chi connectivity index (χ1n) is 8.01. The van der Waals surface area contributed by atoms with E-state index >= 15 is 0 Å². The molecule has 0 aliphatic heterocycles. The monoisotopic (exact) mass is 407 g/mol. The number of halogens is 1. The van der Waals surface area contributed by atoms with Gasteiger partial charge in [-0.05, 0) is 19.1 Å². The van der Waals surface area contributed by atoms with Gasteiger partial charge in [-0.2, -0.15) is 10.1 Å². The van der Waals surface area contributed by atoms with Crippen molar-refractivity contribution in [2.45, 2.75) is 13.5 Å². The lowest BCUT2D eigenvalue weighted by Gasteiger charge is -2.13. The summed E-state index contributed by atoms with van der Waals surface area (Å²) < 4.78 is 27.3. The van der Waals surface area contributed by atoms with Gasteiger partial charge in [0.25, 0.3) is 0 Å². The Labute approximate surface area is 161 Å². The van der Waals surface area contributed by atoms with Crippen molar-refractivity contribution in [2.75, 3.05) is 21.6 Å². The number of anilines is 5. The fraction of sp³-hybridized carbons (Fsp3) is 0.188. The van der Waals surface area contributed by atoms with E-state index in [2.05, 4.69) is 30.4 Å². The van der Waals surface area contributed by atoms with Gasteiger partial charge in [0.05, 0.1) is 23.8 Å². The molecule has 0 saturated carbocycles. The van der Waals surface area contributed by atoms with Crippen molar-refractivity contribution in [3.05, 3.63) is 47.7 Å². The first kappa shape index (κ1) is 18.9. The molecule has 0 aliphatic rings. The van der Waals surface area contributed by atoms with Gasteiger partial charge < -0.3 is 10.6 Å². The zero-order valence-corrected chi connectivity index (χ0v) is 16.2. The Kier molecular flexibility index (Phi) is 5.47. The van der Waals surface area contributed by atoms with E-state index in [4.69, 9.17) is 11.6 Å². The molecule has 1 aromatic carbocycles. The van der Waals surface area contributed by atoms with Crippen LogP contribution in [-0.4, -0.2) is 34.4 Å². The van der Waals surface area contributed by atoms with Crippen LogP contribution >= 0.6 is 11.6 Å². The second kappa shape index (κ2) is 7.80. The van der Waals surface area contributed by atoms with E-state index in [9.17, 15) is 8.42 Å². The molecule has 3 rings (SSSR count). The third kappa shape index (κ3) is 5.08. The van der Waals surface area contributed by atoms with Crippen molar-refractivity contribution >= 4 is 50.6 Å². The molecule has 0 bridgehead atoms. The van der Waals surface area contributed by atoms with E-state index in [1.165, 1.54) is 6.20 Å². The lowest BCUT2D eigenvalue weighted by molar-refractivity contribution is 0.607. The van der Waals surface area contributed by atoms with Crippen LogP contribution in [0.4, 0.5) is 29.0 Å². The van der Waals surface area contributed by atoms with Gasteiger partial charge in [0.15, 0.2) is 11.6 Å². The molecule has 27 heavy (non-hydrogen) atoms. The van der Waals surface area contributed by atoms with Crippen LogP contribution in [0.25, 0.3) is 0 Å². The van der Waals surface area contributed by atoms with Crippen LogP contribution in [0.5, 0.6) is 0 Å². The van der Waals surface area contributed by atoms with Crippen LogP contribution in [-0.2, 0) is 16.6 Å². The summed E-state index contributed by atoms with van der Waals surface area (Å²) in [4.78, 5) is 8.48. The molecule has 9 nitrogen and oxygen atoms in total. The summed E-state index contributed by atoms with van der Waals surface area (Å²) in [6.07, 6.45) is 4.37. The van der Waals surface area contributed by atoms with E-state index in [0.29, 0.717) is 29.0 Å².